The van der Waals surface area contributed by atoms with Crippen LogP contribution in [0, 0.1) is 0 Å². The van der Waals surface area contributed by atoms with E-state index in [1.54, 1.807) is 17.5 Å². The molecular formula is C10H7F3O2S. The first-order valence-corrected chi connectivity index (χ1v) is 5.01. The van der Waals surface area contributed by atoms with Gasteiger partial charge in [-0.2, -0.15) is 13.2 Å². The Morgan fingerprint density at radius 3 is 2.62 bits per heavy atom. The molecule has 0 saturated carbocycles. The van der Waals surface area contributed by atoms with E-state index in [9.17, 15) is 18.0 Å². The van der Waals surface area contributed by atoms with E-state index in [2.05, 4.69) is 0 Å². The lowest BCUT2D eigenvalue weighted by Crippen LogP contribution is -2.20. The molecule has 1 heterocycles. The van der Waals surface area contributed by atoms with Gasteiger partial charge in [0.2, 0.25) is 0 Å². The zero-order valence-corrected chi connectivity index (χ0v) is 8.68. The molecule has 0 aromatic carbocycles. The van der Waals surface area contributed by atoms with Crippen LogP contribution in [0.15, 0.2) is 35.4 Å². The number of rotatable bonds is 3. The van der Waals surface area contributed by atoms with E-state index < -0.39 is 17.7 Å². The van der Waals surface area contributed by atoms with E-state index in [1.165, 1.54) is 17.4 Å². The molecule has 1 N–H and O–H groups in total. The molecule has 0 fully saturated rings. The maximum absolute atomic E-state index is 11.8. The van der Waals surface area contributed by atoms with E-state index in [4.69, 9.17) is 5.11 Å². The van der Waals surface area contributed by atoms with Gasteiger partial charge in [-0.3, -0.25) is 4.79 Å². The van der Waals surface area contributed by atoms with Crippen molar-refractivity contribution < 1.29 is 23.1 Å². The predicted molar refractivity (Wildman–Crippen MR) is 55.1 cm³/mol. The Bertz CT molecular complexity index is 416. The van der Waals surface area contributed by atoms with Gasteiger partial charge in [-0.1, -0.05) is 6.07 Å². The van der Waals surface area contributed by atoms with E-state index in [1.807, 2.05) is 0 Å². The van der Waals surface area contributed by atoms with Gasteiger partial charge in [0.15, 0.2) is 0 Å². The Balaban J connectivity index is 2.69. The maximum Gasteiger partial charge on any atom is 0.454 e. The molecule has 16 heavy (non-hydrogen) atoms. The number of hydrogen-bond acceptors (Lipinski definition) is 3. The van der Waals surface area contributed by atoms with E-state index >= 15 is 0 Å². The summed E-state index contributed by atoms with van der Waals surface area (Å²) in [7, 11) is 0. The fourth-order valence-corrected chi connectivity index (χ4v) is 1.44. The Kier molecular flexibility index (Phi) is 3.89. The van der Waals surface area contributed by atoms with Crippen molar-refractivity contribution >= 4 is 23.2 Å². The lowest BCUT2D eigenvalue weighted by Gasteiger charge is -1.99. The van der Waals surface area contributed by atoms with Crippen molar-refractivity contribution in [3.63, 3.8) is 0 Å². The molecule has 0 saturated heterocycles. The van der Waals surface area contributed by atoms with Gasteiger partial charge in [0.25, 0.3) is 5.78 Å². The highest BCUT2D eigenvalue weighted by atomic mass is 32.1. The number of alkyl halides is 3. The average Bonchev–Trinajstić information content (AvgIpc) is 2.65. The Morgan fingerprint density at radius 1 is 1.44 bits per heavy atom. The van der Waals surface area contributed by atoms with Crippen molar-refractivity contribution in [1.82, 2.24) is 0 Å². The Labute approximate surface area is 93.3 Å². The van der Waals surface area contributed by atoms with Crippen molar-refractivity contribution in [3.8, 4) is 0 Å². The number of aliphatic hydroxyl groups is 1. The second kappa shape index (κ2) is 4.98. The normalized spacial score (nSPS) is 13.3. The van der Waals surface area contributed by atoms with Crippen molar-refractivity contribution in [2.75, 3.05) is 0 Å². The molecule has 2 nitrogen and oxygen atoms in total. The standard InChI is InChI=1S/C10H7F3O2S/c11-10(12,13)9(15)6-7(14)3-4-8-2-1-5-16-8/h1-6,14H/b4-3+,7-6-. The van der Waals surface area contributed by atoms with E-state index in [0.717, 1.165) is 11.0 Å². The molecule has 0 aliphatic heterocycles. The van der Waals surface area contributed by atoms with Crippen molar-refractivity contribution in [3.05, 3.63) is 40.3 Å². The topological polar surface area (TPSA) is 37.3 Å². The summed E-state index contributed by atoms with van der Waals surface area (Å²) in [5.74, 6) is -2.81. The third-order valence-corrected chi connectivity index (χ3v) is 2.36. The number of ketones is 1. The lowest BCUT2D eigenvalue weighted by atomic mass is 10.3. The highest BCUT2D eigenvalue weighted by molar-refractivity contribution is 7.10. The lowest BCUT2D eigenvalue weighted by molar-refractivity contribution is -0.165. The van der Waals surface area contributed by atoms with Gasteiger partial charge in [0.05, 0.1) is 0 Å². The van der Waals surface area contributed by atoms with Crippen LogP contribution >= 0.6 is 11.3 Å². The highest BCUT2D eigenvalue weighted by Crippen LogP contribution is 2.17. The summed E-state index contributed by atoms with van der Waals surface area (Å²) >= 11 is 1.36. The SMILES string of the molecule is O=C(/C=C(O)/C=C/c1cccs1)C(F)(F)F. The summed E-state index contributed by atoms with van der Waals surface area (Å²) in [5, 5.41) is 10.8. The third kappa shape index (κ3) is 3.90. The van der Waals surface area contributed by atoms with Crippen LogP contribution in [0.25, 0.3) is 6.08 Å². The monoisotopic (exact) mass is 248 g/mol. The highest BCUT2D eigenvalue weighted by Gasteiger charge is 2.36. The number of aliphatic hydroxyl groups excluding tert-OH is 1. The second-order valence-electron chi connectivity index (χ2n) is 2.78. The largest absolute Gasteiger partial charge is 0.508 e. The van der Waals surface area contributed by atoms with Crippen LogP contribution in [-0.4, -0.2) is 17.1 Å². The fraction of sp³-hybridized carbons (Fsp3) is 0.100. The number of allylic oxidation sites excluding steroid dienone is 2. The summed E-state index contributed by atoms with van der Waals surface area (Å²) in [6, 6.07) is 3.48. The molecular weight excluding hydrogens is 241 g/mol. The molecule has 6 heteroatoms. The first kappa shape index (κ1) is 12.5. The number of carbonyl (C=O) groups is 1. The molecule has 0 unspecified atom stereocenters. The van der Waals surface area contributed by atoms with Gasteiger partial charge < -0.3 is 5.11 Å². The minimum atomic E-state index is -4.95. The van der Waals surface area contributed by atoms with Gasteiger partial charge in [-0.25, -0.2) is 0 Å². The molecule has 86 valence electrons. The summed E-state index contributed by atoms with van der Waals surface area (Å²) in [4.78, 5) is 11.2. The van der Waals surface area contributed by atoms with Gasteiger partial charge in [-0.15, -0.1) is 11.3 Å². The number of thiophene rings is 1. The molecule has 1 aromatic heterocycles. The van der Waals surface area contributed by atoms with Crippen molar-refractivity contribution in [2.24, 2.45) is 0 Å². The fourth-order valence-electron chi connectivity index (χ4n) is 0.818. The van der Waals surface area contributed by atoms with Crippen LogP contribution in [0.1, 0.15) is 4.88 Å². The van der Waals surface area contributed by atoms with Crippen molar-refractivity contribution in [2.45, 2.75) is 6.18 Å². The molecule has 0 spiro atoms. The maximum atomic E-state index is 11.8. The number of hydrogen-bond donors (Lipinski definition) is 1. The van der Waals surface area contributed by atoms with Crippen LogP contribution in [0.5, 0.6) is 0 Å². The quantitative estimate of drug-likeness (QED) is 0.506. The molecule has 0 atom stereocenters. The van der Waals surface area contributed by atoms with Crippen molar-refractivity contribution in [1.29, 1.82) is 0 Å². The second-order valence-corrected chi connectivity index (χ2v) is 3.76. The molecule has 1 rings (SSSR count). The molecule has 1 aromatic rings. The first-order valence-electron chi connectivity index (χ1n) is 4.13. The minimum absolute atomic E-state index is 0.143. The van der Waals surface area contributed by atoms with Crippen LogP contribution in [0.4, 0.5) is 13.2 Å². The van der Waals surface area contributed by atoms with Gasteiger partial charge in [-0.05, 0) is 23.6 Å². The summed E-state index contributed by atoms with van der Waals surface area (Å²) in [6.07, 6.45) is -2.36. The Hall–Kier alpha value is -1.56. The van der Waals surface area contributed by atoms with E-state index in [0.29, 0.717) is 0 Å². The molecule has 0 aliphatic carbocycles. The molecule has 0 bridgehead atoms. The minimum Gasteiger partial charge on any atom is -0.508 e. The summed E-state index contributed by atoms with van der Waals surface area (Å²) < 4.78 is 35.4. The van der Waals surface area contributed by atoms with Crippen LogP contribution in [-0.2, 0) is 4.79 Å². The zero-order chi connectivity index (χ0) is 12.2. The molecule has 0 radical (unpaired) electrons. The molecule has 0 aliphatic rings. The van der Waals surface area contributed by atoms with Crippen LogP contribution in [0.3, 0.4) is 0 Å². The summed E-state index contributed by atoms with van der Waals surface area (Å²) in [6.45, 7) is 0. The van der Waals surface area contributed by atoms with Gasteiger partial charge >= 0.3 is 6.18 Å². The molecule has 0 amide bonds. The van der Waals surface area contributed by atoms with Gasteiger partial charge in [0.1, 0.15) is 5.76 Å². The third-order valence-electron chi connectivity index (χ3n) is 1.52. The summed E-state index contributed by atoms with van der Waals surface area (Å²) in [5.41, 5.74) is 0. The van der Waals surface area contributed by atoms with Crippen LogP contribution < -0.4 is 0 Å². The Morgan fingerprint density at radius 2 is 2.12 bits per heavy atom. The number of halogens is 3. The first-order chi connectivity index (χ1) is 7.39. The van der Waals surface area contributed by atoms with Gasteiger partial charge in [0, 0.05) is 11.0 Å². The zero-order valence-electron chi connectivity index (χ0n) is 7.86. The van der Waals surface area contributed by atoms with E-state index in [-0.39, 0.29) is 6.08 Å². The average molecular weight is 248 g/mol. The predicted octanol–water partition coefficient (Wildman–Crippen LogP) is 3.33. The number of carbonyl (C=O) groups excluding carboxylic acids is 1. The smallest absolute Gasteiger partial charge is 0.454 e. The van der Waals surface area contributed by atoms with Crippen LogP contribution in [0.2, 0.25) is 0 Å².